The summed E-state index contributed by atoms with van der Waals surface area (Å²) >= 11 is 34.9. The standard InChI is InChI=1S/C6H10Cl4P2S2/c7-11(8,13)6(12(9,10)14)4-2-1-3-5-6/h1-5H2. The molecule has 0 spiro atoms. The number of halogens is 4. The second kappa shape index (κ2) is 4.99. The van der Waals surface area contributed by atoms with E-state index in [2.05, 4.69) is 0 Å². The highest BCUT2D eigenvalue weighted by Crippen LogP contribution is 2.88. The van der Waals surface area contributed by atoms with Gasteiger partial charge in [0.05, 0.1) is 4.90 Å². The summed E-state index contributed by atoms with van der Waals surface area (Å²) in [6, 6.07) is 0. The molecule has 0 heterocycles. The Bertz CT molecular complexity index is 277. The predicted octanol–water partition coefficient (Wildman–Crippen LogP) is 6.22. The molecule has 0 aliphatic heterocycles. The Labute approximate surface area is 114 Å². The van der Waals surface area contributed by atoms with Crippen LogP contribution in [-0.4, -0.2) is 4.90 Å². The van der Waals surface area contributed by atoms with Crippen LogP contribution in [0.15, 0.2) is 0 Å². The van der Waals surface area contributed by atoms with Gasteiger partial charge in [-0.25, -0.2) is 0 Å². The Morgan fingerprint density at radius 2 is 1.14 bits per heavy atom. The summed E-state index contributed by atoms with van der Waals surface area (Å²) in [6.45, 7) is 0. The molecule has 0 unspecified atom stereocenters. The van der Waals surface area contributed by atoms with E-state index < -0.39 is 14.4 Å². The van der Waals surface area contributed by atoms with Crippen LogP contribution in [0.1, 0.15) is 32.1 Å². The highest BCUT2D eigenvalue weighted by Gasteiger charge is 2.52. The van der Waals surface area contributed by atoms with Gasteiger partial charge in [0.15, 0.2) is 0 Å². The maximum atomic E-state index is 6.14. The lowest BCUT2D eigenvalue weighted by molar-refractivity contribution is 0.486. The first-order valence-electron chi connectivity index (χ1n) is 4.20. The van der Waals surface area contributed by atoms with Crippen molar-refractivity contribution in [2.45, 2.75) is 37.0 Å². The molecule has 0 saturated heterocycles. The topological polar surface area (TPSA) is 0 Å². The number of rotatable bonds is 2. The summed E-state index contributed by atoms with van der Waals surface area (Å²) in [4.78, 5) is -0.533. The fourth-order valence-electron chi connectivity index (χ4n) is 1.77. The maximum absolute atomic E-state index is 6.14. The lowest BCUT2D eigenvalue weighted by atomic mass is 10.00. The zero-order valence-corrected chi connectivity index (χ0v) is 13.7. The van der Waals surface area contributed by atoms with E-state index in [1.165, 1.54) is 0 Å². The fourth-order valence-corrected chi connectivity index (χ4v) is 17.4. The second-order valence-corrected chi connectivity index (χ2v) is 20.2. The van der Waals surface area contributed by atoms with Gasteiger partial charge in [0.2, 0.25) is 0 Å². The van der Waals surface area contributed by atoms with Crippen molar-refractivity contribution in [2.24, 2.45) is 0 Å². The molecule has 0 amide bonds. The third kappa shape index (κ3) is 2.82. The van der Waals surface area contributed by atoms with Crippen molar-refractivity contribution in [3.63, 3.8) is 0 Å². The molecule has 84 valence electrons. The molecule has 1 rings (SSSR count). The highest BCUT2D eigenvalue weighted by molar-refractivity contribution is 8.50. The molecule has 0 aromatic rings. The van der Waals surface area contributed by atoms with Crippen LogP contribution in [0.25, 0.3) is 0 Å². The van der Waals surface area contributed by atoms with Crippen LogP contribution in [0.4, 0.5) is 0 Å². The van der Waals surface area contributed by atoms with Crippen molar-refractivity contribution in [1.29, 1.82) is 0 Å². The van der Waals surface area contributed by atoms with Crippen LogP contribution >= 0.6 is 54.4 Å². The van der Waals surface area contributed by atoms with Gasteiger partial charge >= 0.3 is 0 Å². The van der Waals surface area contributed by atoms with E-state index in [4.69, 9.17) is 68.6 Å². The molecule has 0 aromatic carbocycles. The first kappa shape index (κ1) is 14.5. The fraction of sp³-hybridized carbons (Fsp3) is 1.00. The third-order valence-corrected chi connectivity index (χ3v) is 15.5. The van der Waals surface area contributed by atoms with Gasteiger partial charge in [0.1, 0.15) is 9.49 Å². The minimum atomic E-state index is -2.53. The minimum absolute atomic E-state index is 0.533. The van der Waals surface area contributed by atoms with E-state index in [-0.39, 0.29) is 0 Å². The zero-order valence-electron chi connectivity index (χ0n) is 7.26. The predicted molar refractivity (Wildman–Crippen MR) is 77.8 cm³/mol. The van der Waals surface area contributed by atoms with Gasteiger partial charge in [-0.2, -0.15) is 0 Å². The Hall–Kier alpha value is 2.46. The smallest absolute Gasteiger partial charge is 0.0673 e. The van der Waals surface area contributed by atoms with Crippen molar-refractivity contribution in [3.8, 4) is 0 Å². The van der Waals surface area contributed by atoms with E-state index >= 15 is 0 Å². The number of hydrogen-bond acceptors (Lipinski definition) is 2. The molecule has 1 saturated carbocycles. The van der Waals surface area contributed by atoms with E-state index in [0.29, 0.717) is 0 Å². The SMILES string of the molecule is S=P(Cl)(Cl)C1(P(=S)(Cl)Cl)CCCCC1. The normalized spacial score (nSPS) is 23.4. The molecular formula is C6H10Cl4P2S2. The Balaban J connectivity index is 3.15. The lowest BCUT2D eigenvalue weighted by Crippen LogP contribution is -2.25. The van der Waals surface area contributed by atoms with Crippen LogP contribution < -0.4 is 0 Å². The summed E-state index contributed by atoms with van der Waals surface area (Å²) in [7, 11) is 0. The summed E-state index contributed by atoms with van der Waals surface area (Å²) in [6.07, 6.45) is 4.79. The molecule has 0 atom stereocenters. The average molecular weight is 350 g/mol. The van der Waals surface area contributed by atoms with Crippen molar-refractivity contribution in [1.82, 2.24) is 0 Å². The Kier molecular flexibility index (Phi) is 5.17. The largest absolute Gasteiger partial charge is 0.132 e. The molecule has 8 heteroatoms. The summed E-state index contributed by atoms with van der Waals surface area (Å²) in [5.41, 5.74) is 0. The molecule has 0 bridgehead atoms. The molecular weight excluding hydrogens is 340 g/mol. The maximum Gasteiger partial charge on any atom is 0.132 e. The average Bonchev–Trinajstić information content (AvgIpc) is 2.02. The van der Waals surface area contributed by atoms with Crippen LogP contribution in [-0.2, 0) is 23.6 Å². The van der Waals surface area contributed by atoms with Crippen LogP contribution in [0.2, 0.25) is 0 Å². The van der Waals surface area contributed by atoms with Crippen molar-refractivity contribution in [3.05, 3.63) is 0 Å². The lowest BCUT2D eigenvalue weighted by Gasteiger charge is -2.42. The molecule has 0 radical (unpaired) electrons. The summed E-state index contributed by atoms with van der Waals surface area (Å²) in [5, 5.41) is 0. The number of hydrogen-bond donors (Lipinski definition) is 0. The van der Waals surface area contributed by atoms with Gasteiger partial charge in [-0.3, -0.25) is 0 Å². The monoisotopic (exact) mass is 348 g/mol. The minimum Gasteiger partial charge on any atom is -0.0673 e. The van der Waals surface area contributed by atoms with Gasteiger partial charge in [-0.05, 0) is 12.8 Å². The third-order valence-electron chi connectivity index (χ3n) is 2.62. The molecule has 1 aliphatic rings. The summed E-state index contributed by atoms with van der Waals surface area (Å²) in [5.74, 6) is 0. The van der Waals surface area contributed by atoms with E-state index in [1.807, 2.05) is 0 Å². The van der Waals surface area contributed by atoms with Crippen LogP contribution in [0, 0.1) is 0 Å². The van der Waals surface area contributed by atoms with E-state index in [9.17, 15) is 0 Å². The zero-order chi connectivity index (χ0) is 11.0. The van der Waals surface area contributed by atoms with Crippen molar-refractivity contribution < 1.29 is 0 Å². The highest BCUT2D eigenvalue weighted by atomic mass is 35.9. The second-order valence-electron chi connectivity index (χ2n) is 3.47. The van der Waals surface area contributed by atoms with Crippen LogP contribution in [0.5, 0.6) is 0 Å². The first-order valence-corrected chi connectivity index (χ1v) is 13.4. The van der Waals surface area contributed by atoms with Crippen molar-refractivity contribution in [2.75, 3.05) is 0 Å². The van der Waals surface area contributed by atoms with Gasteiger partial charge in [-0.15, -0.1) is 0 Å². The van der Waals surface area contributed by atoms with Gasteiger partial charge in [0, 0.05) is 0 Å². The quantitative estimate of drug-likeness (QED) is 0.542. The van der Waals surface area contributed by atoms with E-state index in [1.54, 1.807) is 0 Å². The van der Waals surface area contributed by atoms with Gasteiger partial charge in [-0.1, -0.05) is 87.8 Å². The van der Waals surface area contributed by atoms with E-state index in [0.717, 1.165) is 32.1 Å². The summed E-state index contributed by atoms with van der Waals surface area (Å²) < 4.78 is -5.07. The molecule has 14 heavy (non-hydrogen) atoms. The molecule has 0 aromatic heterocycles. The van der Waals surface area contributed by atoms with Gasteiger partial charge in [0.25, 0.3) is 0 Å². The molecule has 1 fully saturated rings. The van der Waals surface area contributed by atoms with Gasteiger partial charge < -0.3 is 0 Å². The van der Waals surface area contributed by atoms with Crippen LogP contribution in [0.3, 0.4) is 0 Å². The molecule has 1 aliphatic carbocycles. The molecule has 0 N–H and O–H groups in total. The molecule has 0 nitrogen and oxygen atoms in total. The first-order chi connectivity index (χ1) is 6.21. The van der Waals surface area contributed by atoms with Crippen molar-refractivity contribution >= 4 is 78.1 Å². The Morgan fingerprint density at radius 3 is 1.36 bits per heavy atom. The Morgan fingerprint density at radius 1 is 0.786 bits per heavy atom.